The van der Waals surface area contributed by atoms with Crippen molar-refractivity contribution in [1.82, 2.24) is 0 Å². The quantitative estimate of drug-likeness (QED) is 0.619. The Hall–Kier alpha value is -0.0400. The molecular weight excluding hydrogens is 112 g/mol. The highest BCUT2D eigenvalue weighted by molar-refractivity contribution is 4.80. The number of hydrogen-bond donors (Lipinski definition) is 1. The van der Waals surface area contributed by atoms with Crippen molar-refractivity contribution in [2.75, 3.05) is 0 Å². The van der Waals surface area contributed by atoms with Crippen molar-refractivity contribution in [3.05, 3.63) is 5.92 Å². The van der Waals surface area contributed by atoms with Gasteiger partial charge in [-0.05, 0) is 32.6 Å². The molecule has 0 saturated carbocycles. The Morgan fingerprint density at radius 3 is 1.89 bits per heavy atom. The van der Waals surface area contributed by atoms with Crippen LogP contribution >= 0.6 is 0 Å². The molecule has 0 aliphatic carbocycles. The SMILES string of the molecule is C[C](C)CCC(C)(C)O. The van der Waals surface area contributed by atoms with Crippen LogP contribution in [0.3, 0.4) is 0 Å². The molecule has 0 amide bonds. The molecule has 0 aromatic heterocycles. The van der Waals surface area contributed by atoms with E-state index < -0.39 is 5.60 Å². The van der Waals surface area contributed by atoms with Gasteiger partial charge in [0, 0.05) is 0 Å². The number of hydrogen-bond acceptors (Lipinski definition) is 1. The van der Waals surface area contributed by atoms with Crippen molar-refractivity contribution in [2.45, 2.75) is 46.1 Å². The minimum absolute atomic E-state index is 0.489. The van der Waals surface area contributed by atoms with Gasteiger partial charge in [0.15, 0.2) is 0 Å². The van der Waals surface area contributed by atoms with Crippen LogP contribution in [0, 0.1) is 5.92 Å². The third-order valence-electron chi connectivity index (χ3n) is 1.24. The van der Waals surface area contributed by atoms with Gasteiger partial charge in [0.05, 0.1) is 5.60 Å². The van der Waals surface area contributed by atoms with Gasteiger partial charge in [0.1, 0.15) is 0 Å². The number of rotatable bonds is 3. The summed E-state index contributed by atoms with van der Waals surface area (Å²) in [7, 11) is 0. The van der Waals surface area contributed by atoms with Gasteiger partial charge in [-0.1, -0.05) is 13.8 Å². The Balaban J connectivity index is 3.28. The van der Waals surface area contributed by atoms with E-state index in [9.17, 15) is 5.11 Å². The molecule has 0 atom stereocenters. The van der Waals surface area contributed by atoms with Crippen LogP contribution in [-0.2, 0) is 0 Å². The third kappa shape index (κ3) is 7.96. The largest absolute Gasteiger partial charge is 0.390 e. The Morgan fingerprint density at radius 2 is 1.78 bits per heavy atom. The molecular formula is C8H17O. The fraction of sp³-hybridized carbons (Fsp3) is 0.875. The lowest BCUT2D eigenvalue weighted by Crippen LogP contribution is -2.18. The van der Waals surface area contributed by atoms with E-state index in [2.05, 4.69) is 13.8 Å². The first-order valence-corrected chi connectivity index (χ1v) is 3.43. The Morgan fingerprint density at radius 1 is 1.33 bits per heavy atom. The zero-order valence-corrected chi connectivity index (χ0v) is 6.86. The van der Waals surface area contributed by atoms with Gasteiger partial charge in [-0.25, -0.2) is 0 Å². The molecule has 0 aliphatic rings. The normalized spacial score (nSPS) is 12.7. The van der Waals surface area contributed by atoms with Crippen LogP contribution in [0.4, 0.5) is 0 Å². The maximum Gasteiger partial charge on any atom is 0.0592 e. The molecule has 0 heterocycles. The van der Waals surface area contributed by atoms with Gasteiger partial charge < -0.3 is 5.11 Å². The highest BCUT2D eigenvalue weighted by Crippen LogP contribution is 2.15. The van der Waals surface area contributed by atoms with Crippen LogP contribution < -0.4 is 0 Å². The summed E-state index contributed by atoms with van der Waals surface area (Å²) in [5, 5.41) is 9.25. The van der Waals surface area contributed by atoms with Crippen molar-refractivity contribution in [3.63, 3.8) is 0 Å². The van der Waals surface area contributed by atoms with E-state index in [1.54, 1.807) is 0 Å². The molecule has 0 aromatic rings. The lowest BCUT2D eigenvalue weighted by atomic mass is 9.97. The van der Waals surface area contributed by atoms with E-state index >= 15 is 0 Å². The average molecular weight is 129 g/mol. The monoisotopic (exact) mass is 129 g/mol. The Labute approximate surface area is 58.1 Å². The maximum atomic E-state index is 9.25. The Bertz CT molecular complexity index is 69.1. The second-order valence-electron chi connectivity index (χ2n) is 3.52. The average Bonchev–Trinajstić information content (AvgIpc) is 1.59. The predicted octanol–water partition coefficient (Wildman–Crippen LogP) is 2.15. The maximum absolute atomic E-state index is 9.25. The molecule has 0 aromatic carbocycles. The van der Waals surface area contributed by atoms with Crippen molar-refractivity contribution in [2.24, 2.45) is 0 Å². The first-order valence-electron chi connectivity index (χ1n) is 3.43. The molecule has 0 saturated heterocycles. The van der Waals surface area contributed by atoms with Crippen LogP contribution in [-0.4, -0.2) is 10.7 Å². The molecule has 0 unspecified atom stereocenters. The molecule has 1 nitrogen and oxygen atoms in total. The molecule has 1 radical (unpaired) electrons. The molecule has 0 aliphatic heterocycles. The van der Waals surface area contributed by atoms with E-state index in [1.165, 1.54) is 5.92 Å². The topological polar surface area (TPSA) is 20.2 Å². The predicted molar refractivity (Wildman–Crippen MR) is 40.1 cm³/mol. The van der Waals surface area contributed by atoms with Crippen LogP contribution in [0.5, 0.6) is 0 Å². The van der Waals surface area contributed by atoms with Crippen LogP contribution in [0.2, 0.25) is 0 Å². The second kappa shape index (κ2) is 3.21. The summed E-state index contributed by atoms with van der Waals surface area (Å²) >= 11 is 0. The van der Waals surface area contributed by atoms with Gasteiger partial charge >= 0.3 is 0 Å². The fourth-order valence-corrected chi connectivity index (χ4v) is 0.556. The van der Waals surface area contributed by atoms with Gasteiger partial charge in [0.25, 0.3) is 0 Å². The van der Waals surface area contributed by atoms with E-state index in [0.29, 0.717) is 0 Å². The lowest BCUT2D eigenvalue weighted by Gasteiger charge is -2.17. The molecule has 0 fully saturated rings. The van der Waals surface area contributed by atoms with Crippen LogP contribution in [0.15, 0.2) is 0 Å². The molecule has 1 heteroatoms. The van der Waals surface area contributed by atoms with E-state index in [4.69, 9.17) is 0 Å². The standard InChI is InChI=1S/C8H17O/c1-7(2)5-6-8(3,4)9/h9H,5-6H2,1-4H3. The number of aliphatic hydroxyl groups is 1. The molecule has 0 rings (SSSR count). The fourth-order valence-electron chi connectivity index (χ4n) is 0.556. The molecule has 1 N–H and O–H groups in total. The van der Waals surface area contributed by atoms with Crippen molar-refractivity contribution in [3.8, 4) is 0 Å². The van der Waals surface area contributed by atoms with E-state index in [0.717, 1.165) is 12.8 Å². The zero-order chi connectivity index (χ0) is 7.49. The van der Waals surface area contributed by atoms with Crippen LogP contribution in [0.1, 0.15) is 40.5 Å². The first kappa shape index (κ1) is 8.96. The molecule has 55 valence electrons. The highest BCUT2D eigenvalue weighted by Gasteiger charge is 2.12. The summed E-state index contributed by atoms with van der Waals surface area (Å²) in [6.07, 6.45) is 1.90. The van der Waals surface area contributed by atoms with E-state index in [1.807, 2.05) is 13.8 Å². The summed E-state index contributed by atoms with van der Waals surface area (Å²) in [6.45, 7) is 7.86. The summed E-state index contributed by atoms with van der Waals surface area (Å²) < 4.78 is 0. The smallest absolute Gasteiger partial charge is 0.0592 e. The second-order valence-corrected chi connectivity index (χ2v) is 3.52. The molecule has 0 bridgehead atoms. The molecule has 0 spiro atoms. The van der Waals surface area contributed by atoms with Crippen molar-refractivity contribution >= 4 is 0 Å². The third-order valence-corrected chi connectivity index (χ3v) is 1.24. The van der Waals surface area contributed by atoms with Gasteiger partial charge in [0.2, 0.25) is 0 Å². The van der Waals surface area contributed by atoms with Gasteiger partial charge in [-0.15, -0.1) is 0 Å². The van der Waals surface area contributed by atoms with Gasteiger partial charge in [-0.3, -0.25) is 0 Å². The minimum Gasteiger partial charge on any atom is -0.390 e. The minimum atomic E-state index is -0.489. The van der Waals surface area contributed by atoms with E-state index in [-0.39, 0.29) is 0 Å². The summed E-state index contributed by atoms with van der Waals surface area (Å²) in [6, 6.07) is 0. The summed E-state index contributed by atoms with van der Waals surface area (Å²) in [5.41, 5.74) is -0.489. The zero-order valence-electron chi connectivity index (χ0n) is 6.86. The highest BCUT2D eigenvalue weighted by atomic mass is 16.3. The van der Waals surface area contributed by atoms with Crippen molar-refractivity contribution in [1.29, 1.82) is 0 Å². The van der Waals surface area contributed by atoms with Crippen molar-refractivity contribution < 1.29 is 5.11 Å². The summed E-state index contributed by atoms with van der Waals surface area (Å²) in [5.74, 6) is 1.39. The Kier molecular flexibility index (Phi) is 3.20. The van der Waals surface area contributed by atoms with Gasteiger partial charge in [-0.2, -0.15) is 0 Å². The molecule has 9 heavy (non-hydrogen) atoms. The summed E-state index contributed by atoms with van der Waals surface area (Å²) in [4.78, 5) is 0. The van der Waals surface area contributed by atoms with Crippen LogP contribution in [0.25, 0.3) is 0 Å². The lowest BCUT2D eigenvalue weighted by molar-refractivity contribution is 0.0699. The first-order chi connectivity index (χ1) is 3.92.